The van der Waals surface area contributed by atoms with Gasteiger partial charge < -0.3 is 14.8 Å². The van der Waals surface area contributed by atoms with E-state index in [0.29, 0.717) is 21.3 Å². The second-order valence-corrected chi connectivity index (χ2v) is 6.95. The Morgan fingerprint density at radius 2 is 2.00 bits per heavy atom. The lowest BCUT2D eigenvalue weighted by Crippen LogP contribution is -2.11. The highest BCUT2D eigenvalue weighted by atomic mass is 35.5. The Hall–Kier alpha value is -3.10. The van der Waals surface area contributed by atoms with E-state index in [1.54, 1.807) is 18.2 Å². The number of halogens is 1. The Labute approximate surface area is 169 Å². The minimum absolute atomic E-state index is 0.120. The highest BCUT2D eigenvalue weighted by Gasteiger charge is 2.16. The predicted octanol–water partition coefficient (Wildman–Crippen LogP) is 5.15. The van der Waals surface area contributed by atoms with E-state index in [-0.39, 0.29) is 24.0 Å². The number of hydrogen-bond acceptors (Lipinski definition) is 6. The number of amides is 1. The SMILES string of the molecule is COc1cc([N+](=O)[O-])ccc1NC(=O)c1cc(COc2ccccc2Cl)cs1. The van der Waals surface area contributed by atoms with Gasteiger partial charge in [-0.25, -0.2) is 0 Å². The minimum atomic E-state index is -0.529. The van der Waals surface area contributed by atoms with E-state index in [4.69, 9.17) is 21.1 Å². The topological polar surface area (TPSA) is 90.7 Å². The predicted molar refractivity (Wildman–Crippen MR) is 108 cm³/mol. The number of hydrogen-bond donors (Lipinski definition) is 1. The standard InChI is InChI=1S/C19H15ClN2O5S/c1-26-17-9-13(22(24)25)6-7-15(17)21-19(23)18-8-12(11-28-18)10-27-16-5-3-2-4-14(16)20/h2-9,11H,10H2,1H3,(H,21,23). The molecule has 0 saturated carbocycles. The second-order valence-electron chi connectivity index (χ2n) is 5.63. The van der Waals surface area contributed by atoms with E-state index >= 15 is 0 Å². The summed E-state index contributed by atoms with van der Waals surface area (Å²) >= 11 is 7.32. The van der Waals surface area contributed by atoms with Crippen LogP contribution in [-0.4, -0.2) is 17.9 Å². The highest BCUT2D eigenvalue weighted by molar-refractivity contribution is 7.12. The van der Waals surface area contributed by atoms with Gasteiger partial charge in [-0.3, -0.25) is 14.9 Å². The number of thiophene rings is 1. The lowest BCUT2D eigenvalue weighted by atomic mass is 10.2. The van der Waals surface area contributed by atoms with Crippen LogP contribution in [0, 0.1) is 10.1 Å². The number of para-hydroxylation sites is 1. The largest absolute Gasteiger partial charge is 0.494 e. The van der Waals surface area contributed by atoms with Crippen molar-refractivity contribution in [1.82, 2.24) is 0 Å². The molecule has 0 bridgehead atoms. The molecular weight excluding hydrogens is 404 g/mol. The van der Waals surface area contributed by atoms with Crippen LogP contribution in [-0.2, 0) is 6.61 Å². The first kappa shape index (κ1) is 19.7. The van der Waals surface area contributed by atoms with Crippen LogP contribution in [0.15, 0.2) is 53.9 Å². The van der Waals surface area contributed by atoms with Crippen LogP contribution in [0.25, 0.3) is 0 Å². The maximum Gasteiger partial charge on any atom is 0.273 e. The summed E-state index contributed by atoms with van der Waals surface area (Å²) in [5.74, 6) is 0.430. The van der Waals surface area contributed by atoms with Gasteiger partial charge in [0.15, 0.2) is 0 Å². The fourth-order valence-corrected chi connectivity index (χ4v) is 3.36. The van der Waals surface area contributed by atoms with Gasteiger partial charge in [-0.1, -0.05) is 23.7 Å². The van der Waals surface area contributed by atoms with Gasteiger partial charge in [0.05, 0.1) is 33.7 Å². The summed E-state index contributed by atoms with van der Waals surface area (Å²) in [5, 5.41) is 15.9. The van der Waals surface area contributed by atoms with Gasteiger partial charge in [-0.05, 0) is 29.6 Å². The summed E-state index contributed by atoms with van der Waals surface area (Å²) in [6.45, 7) is 0.272. The molecule has 144 valence electrons. The lowest BCUT2D eigenvalue weighted by molar-refractivity contribution is -0.384. The molecule has 7 nitrogen and oxygen atoms in total. The molecule has 2 aromatic carbocycles. The molecule has 0 saturated heterocycles. The van der Waals surface area contributed by atoms with Gasteiger partial charge in [-0.15, -0.1) is 11.3 Å². The zero-order chi connectivity index (χ0) is 20.1. The number of nitrogens with one attached hydrogen (secondary N) is 1. The van der Waals surface area contributed by atoms with Gasteiger partial charge in [-0.2, -0.15) is 0 Å². The zero-order valence-corrected chi connectivity index (χ0v) is 16.3. The fourth-order valence-electron chi connectivity index (χ4n) is 2.37. The Balaban J connectivity index is 1.67. The molecule has 9 heteroatoms. The van der Waals surface area contributed by atoms with E-state index in [1.165, 1.54) is 36.6 Å². The number of non-ortho nitro benzene ring substituents is 1. The first-order valence-electron chi connectivity index (χ1n) is 8.06. The van der Waals surface area contributed by atoms with Crippen LogP contribution in [0.5, 0.6) is 11.5 Å². The molecule has 0 aliphatic rings. The average Bonchev–Trinajstić information content (AvgIpc) is 3.16. The number of anilines is 1. The van der Waals surface area contributed by atoms with Gasteiger partial charge in [0.25, 0.3) is 11.6 Å². The smallest absolute Gasteiger partial charge is 0.273 e. The summed E-state index contributed by atoms with van der Waals surface area (Å²) in [6, 6.07) is 12.9. The third kappa shape index (κ3) is 4.59. The Morgan fingerprint density at radius 1 is 1.21 bits per heavy atom. The first-order valence-corrected chi connectivity index (χ1v) is 9.32. The van der Waals surface area contributed by atoms with Crippen molar-refractivity contribution in [3.63, 3.8) is 0 Å². The summed E-state index contributed by atoms with van der Waals surface area (Å²) in [7, 11) is 1.38. The molecule has 0 atom stereocenters. The van der Waals surface area contributed by atoms with E-state index in [0.717, 1.165) is 5.56 Å². The molecular formula is C19H15ClN2O5S. The summed E-state index contributed by atoms with van der Waals surface area (Å²) in [4.78, 5) is 23.3. The van der Waals surface area contributed by atoms with Gasteiger partial charge >= 0.3 is 0 Å². The molecule has 0 aliphatic heterocycles. The molecule has 0 aliphatic carbocycles. The number of nitro groups is 1. The molecule has 3 aromatic rings. The minimum Gasteiger partial charge on any atom is -0.494 e. The van der Waals surface area contributed by atoms with Crippen molar-refractivity contribution < 1.29 is 19.2 Å². The maximum atomic E-state index is 12.5. The van der Waals surface area contributed by atoms with E-state index in [2.05, 4.69) is 5.32 Å². The van der Waals surface area contributed by atoms with Gasteiger partial charge in [0.1, 0.15) is 18.1 Å². The van der Waals surface area contributed by atoms with Gasteiger partial charge in [0.2, 0.25) is 0 Å². The molecule has 0 radical (unpaired) electrons. The number of methoxy groups -OCH3 is 1. The molecule has 1 N–H and O–H groups in total. The number of rotatable bonds is 7. The number of carbonyl (C=O) groups excluding carboxylic acids is 1. The van der Waals surface area contributed by atoms with Crippen molar-refractivity contribution in [2.75, 3.05) is 12.4 Å². The first-order chi connectivity index (χ1) is 13.5. The van der Waals surface area contributed by atoms with E-state index in [1.807, 2.05) is 17.5 Å². The summed E-state index contributed by atoms with van der Waals surface area (Å²) in [6.07, 6.45) is 0. The van der Waals surface area contributed by atoms with E-state index < -0.39 is 4.92 Å². The van der Waals surface area contributed by atoms with Crippen molar-refractivity contribution >= 4 is 40.2 Å². The molecule has 3 rings (SSSR count). The van der Waals surface area contributed by atoms with Crippen molar-refractivity contribution in [3.05, 3.63) is 79.5 Å². The molecule has 1 amide bonds. The van der Waals surface area contributed by atoms with Crippen LogP contribution in [0.3, 0.4) is 0 Å². The summed E-state index contributed by atoms with van der Waals surface area (Å²) < 4.78 is 10.8. The van der Waals surface area contributed by atoms with Crippen molar-refractivity contribution in [1.29, 1.82) is 0 Å². The monoisotopic (exact) mass is 418 g/mol. The average molecular weight is 419 g/mol. The highest BCUT2D eigenvalue weighted by Crippen LogP contribution is 2.30. The quantitative estimate of drug-likeness (QED) is 0.423. The van der Waals surface area contributed by atoms with Crippen LogP contribution in [0.4, 0.5) is 11.4 Å². The number of nitrogens with zero attached hydrogens (tertiary/aromatic N) is 1. The zero-order valence-electron chi connectivity index (χ0n) is 14.7. The lowest BCUT2D eigenvalue weighted by Gasteiger charge is -2.09. The van der Waals surface area contributed by atoms with Gasteiger partial charge in [0, 0.05) is 11.6 Å². The van der Waals surface area contributed by atoms with Crippen LogP contribution < -0.4 is 14.8 Å². The molecule has 0 unspecified atom stereocenters. The molecule has 28 heavy (non-hydrogen) atoms. The molecule has 1 aromatic heterocycles. The number of nitro benzene ring substituents is 1. The normalized spacial score (nSPS) is 10.4. The maximum absolute atomic E-state index is 12.5. The molecule has 0 fully saturated rings. The molecule has 0 spiro atoms. The fraction of sp³-hybridized carbons (Fsp3) is 0.105. The van der Waals surface area contributed by atoms with Crippen molar-refractivity contribution in [2.45, 2.75) is 6.61 Å². The summed E-state index contributed by atoms with van der Waals surface area (Å²) in [5.41, 5.74) is 1.05. The van der Waals surface area contributed by atoms with Crippen LogP contribution in [0.2, 0.25) is 5.02 Å². The Bertz CT molecular complexity index is 1020. The number of carbonyl (C=O) groups is 1. The number of benzene rings is 2. The van der Waals surface area contributed by atoms with Crippen LogP contribution in [0.1, 0.15) is 15.2 Å². The Kier molecular flexibility index (Phi) is 6.13. The van der Waals surface area contributed by atoms with Crippen LogP contribution >= 0.6 is 22.9 Å². The Morgan fingerprint density at radius 3 is 2.71 bits per heavy atom. The van der Waals surface area contributed by atoms with Crippen molar-refractivity contribution in [3.8, 4) is 11.5 Å². The number of ether oxygens (including phenoxy) is 2. The second kappa shape index (κ2) is 8.73. The van der Waals surface area contributed by atoms with E-state index in [9.17, 15) is 14.9 Å². The van der Waals surface area contributed by atoms with Crippen molar-refractivity contribution in [2.24, 2.45) is 0 Å². The third-order valence-electron chi connectivity index (χ3n) is 3.75. The molecule has 1 heterocycles. The third-order valence-corrected chi connectivity index (χ3v) is 5.04.